The zero-order chi connectivity index (χ0) is 12.9. The van der Waals surface area contributed by atoms with Gasteiger partial charge in [0.1, 0.15) is 0 Å². The van der Waals surface area contributed by atoms with Gasteiger partial charge in [-0.1, -0.05) is 13.3 Å². The molecule has 5 nitrogen and oxygen atoms in total. The second-order valence-electron chi connectivity index (χ2n) is 3.95. The summed E-state index contributed by atoms with van der Waals surface area (Å²) in [5, 5.41) is 3.19. The number of unbranched alkanes of at least 4 members (excludes halogenated alkanes) is 1. The Bertz CT molecular complexity index is 196. The molecule has 0 fully saturated rings. The number of nitrogens with zero attached hydrogens (tertiary/aromatic N) is 2. The summed E-state index contributed by atoms with van der Waals surface area (Å²) in [5.74, 6) is 0.868. The molecule has 0 saturated heterocycles. The summed E-state index contributed by atoms with van der Waals surface area (Å²) >= 11 is 0. The fourth-order valence-corrected chi connectivity index (χ4v) is 1.24. The van der Waals surface area contributed by atoms with Crippen LogP contribution >= 0.6 is 0 Å². The summed E-state index contributed by atoms with van der Waals surface area (Å²) in [7, 11) is 5.68. The number of ether oxygens (including phenoxy) is 2. The third-order valence-electron chi connectivity index (χ3n) is 2.18. The Kier molecular flexibility index (Phi) is 11.1. The first-order valence-electron chi connectivity index (χ1n) is 6.25. The van der Waals surface area contributed by atoms with Crippen LogP contribution in [0.2, 0.25) is 0 Å². The van der Waals surface area contributed by atoms with Crippen LogP contribution in [0.25, 0.3) is 0 Å². The standard InChI is InChI=1S/C12H27N3O2/c1-5-6-8-16-10-11-17-9-7-14-12(13-2)15(3)4/h5-11H2,1-4H3,(H,13,14). The molecule has 0 aromatic carbocycles. The first-order chi connectivity index (χ1) is 8.22. The average molecular weight is 245 g/mol. The molecule has 0 atom stereocenters. The van der Waals surface area contributed by atoms with E-state index in [9.17, 15) is 0 Å². The maximum absolute atomic E-state index is 5.43. The van der Waals surface area contributed by atoms with Crippen molar-refractivity contribution in [3.63, 3.8) is 0 Å². The lowest BCUT2D eigenvalue weighted by Gasteiger charge is -2.16. The third kappa shape index (κ3) is 10.1. The van der Waals surface area contributed by atoms with Crippen LogP contribution in [0.3, 0.4) is 0 Å². The summed E-state index contributed by atoms with van der Waals surface area (Å²) in [6, 6.07) is 0. The molecule has 0 unspecified atom stereocenters. The van der Waals surface area contributed by atoms with Crippen molar-refractivity contribution in [1.29, 1.82) is 0 Å². The fraction of sp³-hybridized carbons (Fsp3) is 0.917. The van der Waals surface area contributed by atoms with Crippen molar-refractivity contribution in [3.8, 4) is 0 Å². The van der Waals surface area contributed by atoms with E-state index in [1.165, 1.54) is 6.42 Å². The number of hydrogen-bond donors (Lipinski definition) is 1. The highest BCUT2D eigenvalue weighted by Gasteiger charge is 1.98. The van der Waals surface area contributed by atoms with Crippen molar-refractivity contribution in [2.75, 3.05) is 54.1 Å². The van der Waals surface area contributed by atoms with Crippen LogP contribution in [-0.2, 0) is 9.47 Å². The normalized spacial score (nSPS) is 11.6. The largest absolute Gasteiger partial charge is 0.379 e. The first-order valence-corrected chi connectivity index (χ1v) is 6.25. The summed E-state index contributed by atoms with van der Waals surface area (Å²) in [6.07, 6.45) is 2.30. The maximum Gasteiger partial charge on any atom is 0.193 e. The lowest BCUT2D eigenvalue weighted by molar-refractivity contribution is 0.0486. The van der Waals surface area contributed by atoms with Gasteiger partial charge >= 0.3 is 0 Å². The summed E-state index contributed by atoms with van der Waals surface area (Å²) in [4.78, 5) is 6.04. The van der Waals surface area contributed by atoms with Gasteiger partial charge in [-0.05, 0) is 6.42 Å². The monoisotopic (exact) mass is 245 g/mol. The van der Waals surface area contributed by atoms with Crippen LogP contribution < -0.4 is 5.32 Å². The highest BCUT2D eigenvalue weighted by Crippen LogP contribution is 1.87. The van der Waals surface area contributed by atoms with Crippen molar-refractivity contribution in [2.45, 2.75) is 19.8 Å². The van der Waals surface area contributed by atoms with Gasteiger partial charge in [-0.2, -0.15) is 0 Å². The van der Waals surface area contributed by atoms with Gasteiger partial charge in [0.05, 0.1) is 19.8 Å². The summed E-state index contributed by atoms with van der Waals surface area (Å²) < 4.78 is 10.8. The second-order valence-corrected chi connectivity index (χ2v) is 3.95. The van der Waals surface area contributed by atoms with E-state index in [1.807, 2.05) is 19.0 Å². The molecule has 0 aliphatic carbocycles. The minimum Gasteiger partial charge on any atom is -0.379 e. The van der Waals surface area contributed by atoms with Crippen LogP contribution in [-0.4, -0.2) is 65.0 Å². The topological polar surface area (TPSA) is 46.1 Å². The highest BCUT2D eigenvalue weighted by molar-refractivity contribution is 5.79. The number of guanidine groups is 1. The van der Waals surface area contributed by atoms with Gasteiger partial charge < -0.3 is 19.7 Å². The number of rotatable bonds is 9. The third-order valence-corrected chi connectivity index (χ3v) is 2.18. The predicted molar refractivity (Wildman–Crippen MR) is 71.6 cm³/mol. The summed E-state index contributed by atoms with van der Waals surface area (Å²) in [5.41, 5.74) is 0. The zero-order valence-electron chi connectivity index (χ0n) is 11.7. The Labute approximate surface area is 105 Å². The van der Waals surface area contributed by atoms with E-state index in [0.29, 0.717) is 19.8 Å². The van der Waals surface area contributed by atoms with E-state index in [2.05, 4.69) is 17.2 Å². The minimum atomic E-state index is 0.659. The Hall–Kier alpha value is -0.810. The van der Waals surface area contributed by atoms with E-state index in [4.69, 9.17) is 9.47 Å². The van der Waals surface area contributed by atoms with Crippen LogP contribution in [0.1, 0.15) is 19.8 Å². The Balaban J connectivity index is 3.23. The molecule has 0 saturated carbocycles. The second kappa shape index (κ2) is 11.7. The van der Waals surface area contributed by atoms with Crippen LogP contribution in [0.15, 0.2) is 4.99 Å². The smallest absolute Gasteiger partial charge is 0.193 e. The van der Waals surface area contributed by atoms with Crippen molar-refractivity contribution in [2.24, 2.45) is 4.99 Å². The SMILES string of the molecule is CCCCOCCOCCNC(=NC)N(C)C. The Morgan fingerprint density at radius 3 is 2.29 bits per heavy atom. The maximum atomic E-state index is 5.43. The molecule has 0 heterocycles. The van der Waals surface area contributed by atoms with E-state index in [1.54, 1.807) is 7.05 Å². The van der Waals surface area contributed by atoms with Gasteiger partial charge in [0, 0.05) is 34.3 Å². The molecule has 0 bridgehead atoms. The lowest BCUT2D eigenvalue weighted by Crippen LogP contribution is -2.38. The number of aliphatic imine (C=N–C) groups is 1. The minimum absolute atomic E-state index is 0.659. The van der Waals surface area contributed by atoms with Gasteiger partial charge in [0.25, 0.3) is 0 Å². The molecule has 17 heavy (non-hydrogen) atoms. The van der Waals surface area contributed by atoms with Crippen LogP contribution in [0, 0.1) is 0 Å². The molecule has 0 aliphatic heterocycles. The van der Waals surface area contributed by atoms with E-state index in [0.717, 1.165) is 25.5 Å². The van der Waals surface area contributed by atoms with Gasteiger partial charge in [-0.3, -0.25) is 4.99 Å². The number of hydrogen-bond acceptors (Lipinski definition) is 3. The summed E-state index contributed by atoms with van der Waals surface area (Å²) in [6.45, 7) is 5.77. The van der Waals surface area contributed by atoms with Crippen molar-refractivity contribution < 1.29 is 9.47 Å². The van der Waals surface area contributed by atoms with Gasteiger partial charge in [0.2, 0.25) is 0 Å². The van der Waals surface area contributed by atoms with Gasteiger partial charge in [-0.15, -0.1) is 0 Å². The first kappa shape index (κ1) is 16.2. The highest BCUT2D eigenvalue weighted by atomic mass is 16.5. The lowest BCUT2D eigenvalue weighted by atomic mass is 10.4. The molecule has 0 rings (SSSR count). The molecule has 0 aromatic rings. The van der Waals surface area contributed by atoms with Crippen molar-refractivity contribution in [3.05, 3.63) is 0 Å². The van der Waals surface area contributed by atoms with Gasteiger partial charge in [-0.25, -0.2) is 0 Å². The molecule has 0 amide bonds. The number of nitrogens with one attached hydrogen (secondary N) is 1. The molecule has 0 aromatic heterocycles. The van der Waals surface area contributed by atoms with Crippen LogP contribution in [0.5, 0.6) is 0 Å². The molecule has 102 valence electrons. The molecule has 0 aliphatic rings. The molecule has 0 spiro atoms. The molecular formula is C12H27N3O2. The van der Waals surface area contributed by atoms with Crippen molar-refractivity contribution >= 4 is 5.96 Å². The molecule has 5 heteroatoms. The molecule has 1 N–H and O–H groups in total. The Morgan fingerprint density at radius 1 is 1.12 bits per heavy atom. The van der Waals surface area contributed by atoms with E-state index >= 15 is 0 Å². The predicted octanol–water partition coefficient (Wildman–Crippen LogP) is 0.957. The zero-order valence-corrected chi connectivity index (χ0v) is 11.7. The van der Waals surface area contributed by atoms with E-state index in [-0.39, 0.29) is 0 Å². The van der Waals surface area contributed by atoms with Crippen LogP contribution in [0.4, 0.5) is 0 Å². The molecule has 0 radical (unpaired) electrons. The van der Waals surface area contributed by atoms with Crippen molar-refractivity contribution in [1.82, 2.24) is 10.2 Å². The average Bonchev–Trinajstić information content (AvgIpc) is 2.31. The van der Waals surface area contributed by atoms with E-state index < -0.39 is 0 Å². The fourth-order valence-electron chi connectivity index (χ4n) is 1.24. The van der Waals surface area contributed by atoms with Gasteiger partial charge in [0.15, 0.2) is 5.96 Å². The Morgan fingerprint density at radius 2 is 1.76 bits per heavy atom. The molecular weight excluding hydrogens is 218 g/mol. The quantitative estimate of drug-likeness (QED) is 0.373.